The van der Waals surface area contributed by atoms with E-state index in [0.29, 0.717) is 25.7 Å². The van der Waals surface area contributed by atoms with Crippen molar-refractivity contribution < 1.29 is 62.1 Å². The molecule has 10 rings (SSSR count). The first kappa shape index (κ1) is 42.3. The van der Waals surface area contributed by atoms with Crippen molar-refractivity contribution in [2.24, 2.45) is 11.8 Å². The summed E-state index contributed by atoms with van der Waals surface area (Å²) in [5.74, 6) is -0.821. The molecule has 0 aromatic rings. The fourth-order valence-corrected chi connectivity index (χ4v) is 11.8. The highest BCUT2D eigenvalue weighted by atomic mass is 16.8. The van der Waals surface area contributed by atoms with Gasteiger partial charge in [0.05, 0.1) is 67.1 Å². The molecule has 2 N–H and O–H groups in total. The third-order valence-corrected chi connectivity index (χ3v) is 14.6. The van der Waals surface area contributed by atoms with Gasteiger partial charge in [0.2, 0.25) is 0 Å². The summed E-state index contributed by atoms with van der Waals surface area (Å²) >= 11 is 0. The second kappa shape index (κ2) is 16.6. The molecule has 14 heteroatoms. The lowest BCUT2D eigenvalue weighted by atomic mass is 9.81. The molecule has 0 radical (unpaired) electrons. The molecule has 14 nitrogen and oxygen atoms in total. The van der Waals surface area contributed by atoms with Gasteiger partial charge in [-0.3, -0.25) is 4.79 Å². The average molecular weight is 830 g/mol. The highest BCUT2D eigenvalue weighted by molar-refractivity contribution is 5.79. The molecule has 330 valence electrons. The average Bonchev–Trinajstić information content (AvgIpc) is 3.85. The highest BCUT2D eigenvalue weighted by Crippen LogP contribution is 2.54. The van der Waals surface area contributed by atoms with E-state index < -0.39 is 41.9 Å². The monoisotopic (exact) mass is 829 g/mol. The topological polar surface area (TPSA) is 159 Å². The molecule has 0 aliphatic carbocycles. The van der Waals surface area contributed by atoms with Crippen molar-refractivity contribution in [2.75, 3.05) is 13.7 Å². The van der Waals surface area contributed by atoms with E-state index >= 15 is 0 Å². The van der Waals surface area contributed by atoms with Crippen LogP contribution in [0.2, 0.25) is 0 Å². The number of amides is 1. The Kier molecular flexibility index (Phi) is 11.9. The quantitative estimate of drug-likeness (QED) is 0.357. The van der Waals surface area contributed by atoms with Crippen LogP contribution in [0.3, 0.4) is 0 Å². The number of fused-ring (bicyclic) bond motifs is 6. The summed E-state index contributed by atoms with van der Waals surface area (Å²) in [6.45, 7) is 16.5. The molecule has 10 fully saturated rings. The minimum Gasteiger partial charge on any atom is -0.444 e. The Bertz CT molecular complexity index is 1600. The minimum absolute atomic E-state index is 0.000416. The van der Waals surface area contributed by atoms with E-state index in [9.17, 15) is 14.7 Å². The van der Waals surface area contributed by atoms with Crippen LogP contribution in [-0.2, 0) is 52.2 Å². The Hall–Kier alpha value is -1.98. The fraction of sp³-hybridized carbons (Fsp3) is 0.867. The zero-order valence-electron chi connectivity index (χ0n) is 35.6. The van der Waals surface area contributed by atoms with Crippen molar-refractivity contribution in [3.8, 4) is 0 Å². The zero-order valence-corrected chi connectivity index (χ0v) is 35.6. The van der Waals surface area contributed by atoms with E-state index in [-0.39, 0.29) is 117 Å². The minimum atomic E-state index is -0.935. The van der Waals surface area contributed by atoms with Gasteiger partial charge in [0.1, 0.15) is 41.9 Å². The molecule has 10 saturated heterocycles. The van der Waals surface area contributed by atoms with Crippen LogP contribution in [0.1, 0.15) is 111 Å². The normalized spacial score (nSPS) is 47.7. The van der Waals surface area contributed by atoms with E-state index in [1.807, 2.05) is 0 Å². The number of Topliss-reactive ketones (excluding diaryl/α,β-unsaturated/α-hetero) is 1. The van der Waals surface area contributed by atoms with Gasteiger partial charge in [-0.05, 0) is 82.8 Å². The molecule has 19 atom stereocenters. The van der Waals surface area contributed by atoms with Gasteiger partial charge in [-0.25, -0.2) is 4.79 Å². The zero-order chi connectivity index (χ0) is 41.4. The van der Waals surface area contributed by atoms with Crippen LogP contribution in [0.5, 0.6) is 0 Å². The van der Waals surface area contributed by atoms with E-state index in [0.717, 1.165) is 49.7 Å². The Morgan fingerprint density at radius 3 is 2.36 bits per heavy atom. The maximum Gasteiger partial charge on any atom is 0.407 e. The summed E-state index contributed by atoms with van der Waals surface area (Å²) in [7, 11) is 1.63. The fourth-order valence-electron chi connectivity index (χ4n) is 11.8. The van der Waals surface area contributed by atoms with Gasteiger partial charge < -0.3 is 57.8 Å². The number of ether oxygens (including phenoxy) is 10. The summed E-state index contributed by atoms with van der Waals surface area (Å²) < 4.78 is 65.7. The lowest BCUT2D eigenvalue weighted by Crippen LogP contribution is -2.61. The first-order chi connectivity index (χ1) is 28.1. The first-order valence-electron chi connectivity index (χ1n) is 22.5. The molecule has 12 bridgehead atoms. The second-order valence-corrected chi connectivity index (χ2v) is 20.1. The molecule has 5 unspecified atom stereocenters. The number of carbonyl (C=O) groups excluding carboxylic acids is 2. The highest BCUT2D eigenvalue weighted by Gasteiger charge is 2.68. The van der Waals surface area contributed by atoms with Crippen molar-refractivity contribution >= 4 is 11.9 Å². The summed E-state index contributed by atoms with van der Waals surface area (Å²) in [6, 6.07) is 0. The van der Waals surface area contributed by atoms with Gasteiger partial charge in [-0.1, -0.05) is 20.1 Å². The Morgan fingerprint density at radius 1 is 0.831 bits per heavy atom. The lowest BCUT2D eigenvalue weighted by molar-refractivity contribution is -0.292. The van der Waals surface area contributed by atoms with Gasteiger partial charge in [-0.2, -0.15) is 0 Å². The van der Waals surface area contributed by atoms with Crippen LogP contribution in [0, 0.1) is 11.8 Å². The van der Waals surface area contributed by atoms with E-state index in [1.54, 1.807) is 27.9 Å². The number of aliphatic hydroxyl groups is 1. The van der Waals surface area contributed by atoms with Crippen LogP contribution >= 0.6 is 0 Å². The molecule has 1 amide bonds. The van der Waals surface area contributed by atoms with Crippen LogP contribution in [0.4, 0.5) is 4.79 Å². The van der Waals surface area contributed by atoms with Gasteiger partial charge >= 0.3 is 6.09 Å². The standard InChI is InChI=1S/C45H67NO13/c1-22-14-27-8-10-31-23(2)15-29(51-31)12-13-45-20-36-39(57-45)40-41(56-36)42(58-45)38-32(55-40)11-9-28(53-38)16-25(47)17-30-34(19-33(52-27)24(22)3)54-35(37(30)50-7)18-26(48)21-46-43(49)59-44(4,5)6/h22,26-42,48H,2-3,8-21H2,1,4-7H3,(H,46,49)/t22-,26+,27?,28-,29?,30?,31?,32+,33?,34+,35-,36-,37-,38+,39+,40+,41-,42+,45+/m1/s1. The summed E-state index contributed by atoms with van der Waals surface area (Å²) in [6.07, 6.45) is 2.78. The van der Waals surface area contributed by atoms with Crippen LogP contribution in [0.15, 0.2) is 24.3 Å². The van der Waals surface area contributed by atoms with E-state index in [1.165, 1.54) is 0 Å². The number of hydrogen-bond acceptors (Lipinski definition) is 13. The molecule has 0 aromatic carbocycles. The number of carbonyl (C=O) groups is 2. The summed E-state index contributed by atoms with van der Waals surface area (Å²) in [5.41, 5.74) is 1.48. The van der Waals surface area contributed by atoms with Crippen molar-refractivity contribution in [3.63, 3.8) is 0 Å². The lowest BCUT2D eigenvalue weighted by Gasteiger charge is -2.47. The molecule has 0 aromatic heterocycles. The molecule has 10 heterocycles. The van der Waals surface area contributed by atoms with Crippen LogP contribution in [-0.4, -0.2) is 140 Å². The molecular formula is C45H67NO13. The first-order valence-corrected chi connectivity index (χ1v) is 22.5. The third-order valence-electron chi connectivity index (χ3n) is 14.6. The number of methoxy groups -OCH3 is 1. The number of hydrogen-bond donors (Lipinski definition) is 2. The largest absolute Gasteiger partial charge is 0.444 e. The summed E-state index contributed by atoms with van der Waals surface area (Å²) in [5, 5.41) is 13.8. The smallest absolute Gasteiger partial charge is 0.407 e. The molecular weight excluding hydrogens is 762 g/mol. The van der Waals surface area contributed by atoms with Crippen molar-refractivity contribution in [2.45, 2.75) is 220 Å². The Labute approximate surface area is 348 Å². The molecule has 10 aliphatic heterocycles. The third kappa shape index (κ3) is 8.71. The maximum atomic E-state index is 14.2. The van der Waals surface area contributed by atoms with Crippen molar-refractivity contribution in [1.29, 1.82) is 0 Å². The molecule has 1 spiro atoms. The van der Waals surface area contributed by atoms with Crippen LogP contribution in [0.25, 0.3) is 0 Å². The van der Waals surface area contributed by atoms with Crippen molar-refractivity contribution in [3.05, 3.63) is 24.3 Å². The molecule has 10 aliphatic rings. The molecule has 59 heavy (non-hydrogen) atoms. The van der Waals surface area contributed by atoms with Gasteiger partial charge in [0.25, 0.3) is 0 Å². The van der Waals surface area contributed by atoms with Gasteiger partial charge in [0, 0.05) is 58.1 Å². The predicted molar refractivity (Wildman–Crippen MR) is 211 cm³/mol. The predicted octanol–water partition coefficient (Wildman–Crippen LogP) is 5.00. The number of ketones is 1. The van der Waals surface area contributed by atoms with E-state index in [2.05, 4.69) is 25.4 Å². The van der Waals surface area contributed by atoms with Crippen LogP contribution < -0.4 is 5.32 Å². The number of alkyl carbamates (subject to hydrolysis) is 1. The van der Waals surface area contributed by atoms with E-state index in [4.69, 9.17) is 47.4 Å². The number of rotatable bonds is 5. The van der Waals surface area contributed by atoms with Gasteiger partial charge in [0.15, 0.2) is 5.79 Å². The summed E-state index contributed by atoms with van der Waals surface area (Å²) in [4.78, 5) is 26.6. The number of nitrogens with one attached hydrogen (secondary N) is 1. The molecule has 0 saturated carbocycles. The SMILES string of the molecule is C=C1CC2CC[C@@]34C[C@H]5O[C@H]6[C@@H](O3)[C@H]3O[C@H](CC[C@@H]3O[C@H]6[C@H]5O4)CC(=O)CC3[C@H](CC4OC(CCC1O2)C[C@@H](C)C4=C)O[C@H](C[C@H](O)CNC(=O)OC(C)(C)C)[C@@H]3OC. The Morgan fingerprint density at radius 2 is 1.56 bits per heavy atom. The second-order valence-electron chi connectivity index (χ2n) is 20.1. The van der Waals surface area contributed by atoms with Gasteiger partial charge in [-0.15, -0.1) is 0 Å². The Balaban J connectivity index is 0.955. The maximum absolute atomic E-state index is 14.2. The number of aliphatic hydroxyl groups excluding tert-OH is 1. The van der Waals surface area contributed by atoms with Crippen molar-refractivity contribution in [1.82, 2.24) is 5.32 Å².